The van der Waals surface area contributed by atoms with Crippen LogP contribution in [0.3, 0.4) is 0 Å². The SMILES string of the molecule is CCNC(=NCCCOC1CCOCC1)N1CC=C(c2ccccc2)CC1. The second-order valence-corrected chi connectivity index (χ2v) is 7.06. The van der Waals surface area contributed by atoms with Crippen molar-refractivity contribution in [3.8, 4) is 0 Å². The molecule has 2 aliphatic heterocycles. The van der Waals surface area contributed by atoms with Crippen molar-refractivity contribution in [3.05, 3.63) is 42.0 Å². The monoisotopic (exact) mass is 371 g/mol. The van der Waals surface area contributed by atoms with Crippen molar-refractivity contribution in [1.29, 1.82) is 0 Å². The van der Waals surface area contributed by atoms with E-state index >= 15 is 0 Å². The summed E-state index contributed by atoms with van der Waals surface area (Å²) in [7, 11) is 0. The third-order valence-corrected chi connectivity index (χ3v) is 5.07. The normalized spacial score (nSPS) is 19.1. The Morgan fingerprint density at radius 3 is 2.78 bits per heavy atom. The molecule has 148 valence electrons. The van der Waals surface area contributed by atoms with Gasteiger partial charge in [0.2, 0.25) is 0 Å². The van der Waals surface area contributed by atoms with Crippen LogP contribution in [0, 0.1) is 0 Å². The summed E-state index contributed by atoms with van der Waals surface area (Å²) >= 11 is 0. The third-order valence-electron chi connectivity index (χ3n) is 5.07. The predicted molar refractivity (Wildman–Crippen MR) is 111 cm³/mol. The summed E-state index contributed by atoms with van der Waals surface area (Å²) in [5.74, 6) is 1.02. The van der Waals surface area contributed by atoms with Gasteiger partial charge < -0.3 is 19.7 Å². The second-order valence-electron chi connectivity index (χ2n) is 7.06. The van der Waals surface area contributed by atoms with Crippen molar-refractivity contribution in [2.24, 2.45) is 4.99 Å². The van der Waals surface area contributed by atoms with Gasteiger partial charge in [0, 0.05) is 46.0 Å². The standard InChI is InChI=1S/C22H33N3O2/c1-2-23-22(24-13-6-16-27-21-11-17-26-18-12-21)25-14-9-20(10-15-25)19-7-4-3-5-8-19/h3-5,7-9,21H,2,6,10-18H2,1H3,(H,23,24). The molecule has 0 saturated carbocycles. The molecule has 5 nitrogen and oxygen atoms in total. The van der Waals surface area contributed by atoms with Crippen molar-refractivity contribution < 1.29 is 9.47 Å². The van der Waals surface area contributed by atoms with Crippen LogP contribution < -0.4 is 5.32 Å². The first-order valence-corrected chi connectivity index (χ1v) is 10.3. The molecular weight excluding hydrogens is 338 g/mol. The summed E-state index contributed by atoms with van der Waals surface area (Å²) in [5, 5.41) is 3.44. The lowest BCUT2D eigenvalue weighted by Crippen LogP contribution is -2.43. The minimum atomic E-state index is 0.375. The van der Waals surface area contributed by atoms with Crippen LogP contribution in [0.1, 0.15) is 38.2 Å². The summed E-state index contributed by atoms with van der Waals surface area (Å²) in [6, 6.07) is 10.7. The van der Waals surface area contributed by atoms with Crippen molar-refractivity contribution in [3.63, 3.8) is 0 Å². The molecular formula is C22H33N3O2. The average Bonchev–Trinajstić information content (AvgIpc) is 2.74. The van der Waals surface area contributed by atoms with E-state index in [1.807, 2.05) is 0 Å². The summed E-state index contributed by atoms with van der Waals surface area (Å²) < 4.78 is 11.3. The minimum Gasteiger partial charge on any atom is -0.381 e. The maximum atomic E-state index is 5.94. The number of hydrogen-bond donors (Lipinski definition) is 1. The Morgan fingerprint density at radius 1 is 1.26 bits per heavy atom. The first-order valence-electron chi connectivity index (χ1n) is 10.3. The van der Waals surface area contributed by atoms with Crippen LogP contribution in [0.2, 0.25) is 0 Å². The maximum Gasteiger partial charge on any atom is 0.194 e. The summed E-state index contributed by atoms with van der Waals surface area (Å²) in [6.07, 6.45) is 6.78. The van der Waals surface area contributed by atoms with Crippen LogP contribution in [0.4, 0.5) is 0 Å². The zero-order chi connectivity index (χ0) is 18.7. The Morgan fingerprint density at radius 2 is 2.07 bits per heavy atom. The number of nitrogens with zero attached hydrogens (tertiary/aromatic N) is 2. The quantitative estimate of drug-likeness (QED) is 0.454. The van der Waals surface area contributed by atoms with Gasteiger partial charge in [0.05, 0.1) is 6.10 Å². The molecule has 1 fully saturated rings. The molecule has 0 aliphatic carbocycles. The van der Waals surface area contributed by atoms with Crippen LogP contribution in [-0.2, 0) is 9.47 Å². The number of benzene rings is 1. The first-order chi connectivity index (χ1) is 13.4. The number of guanidine groups is 1. The van der Waals surface area contributed by atoms with Gasteiger partial charge in [-0.1, -0.05) is 36.4 Å². The lowest BCUT2D eigenvalue weighted by Gasteiger charge is -2.30. The van der Waals surface area contributed by atoms with Gasteiger partial charge in [-0.05, 0) is 43.7 Å². The third kappa shape index (κ3) is 6.36. The topological polar surface area (TPSA) is 46.1 Å². The van der Waals surface area contributed by atoms with Crippen LogP contribution in [0.15, 0.2) is 41.4 Å². The fourth-order valence-corrected chi connectivity index (χ4v) is 3.54. The molecule has 1 N–H and O–H groups in total. The summed E-state index contributed by atoms with van der Waals surface area (Å²) in [5.41, 5.74) is 2.77. The Hall–Kier alpha value is -1.85. The van der Waals surface area contributed by atoms with Gasteiger partial charge in [0.25, 0.3) is 0 Å². The van der Waals surface area contributed by atoms with E-state index in [1.54, 1.807) is 0 Å². The number of aliphatic imine (C=N–C) groups is 1. The highest BCUT2D eigenvalue weighted by molar-refractivity contribution is 5.81. The molecule has 1 aromatic rings. The highest BCUT2D eigenvalue weighted by Crippen LogP contribution is 2.22. The lowest BCUT2D eigenvalue weighted by atomic mass is 10.00. The van der Waals surface area contributed by atoms with Gasteiger partial charge in [0.1, 0.15) is 0 Å². The molecule has 1 saturated heterocycles. The fraction of sp³-hybridized carbons (Fsp3) is 0.591. The van der Waals surface area contributed by atoms with Crippen LogP contribution >= 0.6 is 0 Å². The Bertz CT molecular complexity index is 609. The van der Waals surface area contributed by atoms with Crippen molar-refractivity contribution in [2.75, 3.05) is 46.0 Å². The van der Waals surface area contributed by atoms with Crippen molar-refractivity contribution in [2.45, 2.75) is 38.7 Å². The summed E-state index contributed by atoms with van der Waals surface area (Å²) in [6.45, 7) is 8.19. The number of rotatable bonds is 7. The zero-order valence-corrected chi connectivity index (χ0v) is 16.5. The van der Waals surface area contributed by atoms with E-state index in [1.165, 1.54) is 11.1 Å². The smallest absolute Gasteiger partial charge is 0.194 e. The number of hydrogen-bond acceptors (Lipinski definition) is 3. The second kappa shape index (κ2) is 11.1. The molecule has 1 aromatic carbocycles. The molecule has 0 bridgehead atoms. The predicted octanol–water partition coefficient (Wildman–Crippen LogP) is 3.33. The summed E-state index contributed by atoms with van der Waals surface area (Å²) in [4.78, 5) is 7.16. The molecule has 0 unspecified atom stereocenters. The number of ether oxygens (including phenoxy) is 2. The molecule has 0 atom stereocenters. The van der Waals surface area contributed by atoms with Gasteiger partial charge in [-0.2, -0.15) is 0 Å². The number of nitrogens with one attached hydrogen (secondary N) is 1. The average molecular weight is 372 g/mol. The maximum absolute atomic E-state index is 5.94. The van der Waals surface area contributed by atoms with E-state index in [-0.39, 0.29) is 0 Å². The van der Waals surface area contributed by atoms with Crippen LogP contribution in [0.25, 0.3) is 5.57 Å². The van der Waals surface area contributed by atoms with Crippen molar-refractivity contribution >= 4 is 11.5 Å². The van der Waals surface area contributed by atoms with E-state index in [9.17, 15) is 0 Å². The zero-order valence-electron chi connectivity index (χ0n) is 16.5. The molecule has 5 heteroatoms. The fourth-order valence-electron chi connectivity index (χ4n) is 3.54. The van der Waals surface area contributed by atoms with Gasteiger partial charge in [-0.25, -0.2) is 0 Å². The molecule has 0 spiro atoms. The van der Waals surface area contributed by atoms with E-state index in [0.29, 0.717) is 6.10 Å². The van der Waals surface area contributed by atoms with Crippen LogP contribution in [-0.4, -0.2) is 63.0 Å². The van der Waals surface area contributed by atoms with E-state index in [0.717, 1.165) is 77.6 Å². The Balaban J connectivity index is 1.45. The van der Waals surface area contributed by atoms with Gasteiger partial charge in [-0.15, -0.1) is 0 Å². The largest absolute Gasteiger partial charge is 0.381 e. The molecule has 0 aromatic heterocycles. The minimum absolute atomic E-state index is 0.375. The Kier molecular flexibility index (Phi) is 8.18. The molecule has 2 heterocycles. The van der Waals surface area contributed by atoms with Crippen LogP contribution in [0.5, 0.6) is 0 Å². The molecule has 0 radical (unpaired) electrons. The molecule has 0 amide bonds. The first kappa shape index (κ1) is 19.9. The van der Waals surface area contributed by atoms with E-state index < -0.39 is 0 Å². The van der Waals surface area contributed by atoms with Gasteiger partial charge in [0.15, 0.2) is 5.96 Å². The highest BCUT2D eigenvalue weighted by Gasteiger charge is 2.16. The van der Waals surface area contributed by atoms with Gasteiger partial charge in [-0.3, -0.25) is 4.99 Å². The Labute approximate surface area is 163 Å². The van der Waals surface area contributed by atoms with E-state index in [2.05, 4.69) is 53.5 Å². The van der Waals surface area contributed by atoms with E-state index in [4.69, 9.17) is 14.5 Å². The van der Waals surface area contributed by atoms with Crippen molar-refractivity contribution in [1.82, 2.24) is 10.2 Å². The molecule has 2 aliphatic rings. The molecule has 3 rings (SSSR count). The molecule has 27 heavy (non-hydrogen) atoms. The van der Waals surface area contributed by atoms with Gasteiger partial charge >= 0.3 is 0 Å². The lowest BCUT2D eigenvalue weighted by molar-refractivity contribution is -0.0318. The highest BCUT2D eigenvalue weighted by atomic mass is 16.5.